The number of halogens is 1. The van der Waals surface area contributed by atoms with Crippen LogP contribution in [0.1, 0.15) is 30.9 Å². The van der Waals surface area contributed by atoms with Gasteiger partial charge in [-0.15, -0.1) is 0 Å². The molecule has 2 rings (SSSR count). The highest BCUT2D eigenvalue weighted by atomic mass is 79.9. The van der Waals surface area contributed by atoms with E-state index in [1.165, 1.54) is 0 Å². The maximum absolute atomic E-state index is 10.1. The molecule has 1 N–H and O–H groups in total. The zero-order chi connectivity index (χ0) is 13.3. The molecule has 0 aliphatic heterocycles. The molecule has 1 saturated carbocycles. The highest BCUT2D eigenvalue weighted by Gasteiger charge is 2.41. The lowest BCUT2D eigenvalue weighted by atomic mass is 9.97. The van der Waals surface area contributed by atoms with Crippen LogP contribution in [-0.4, -0.2) is 24.9 Å². The summed E-state index contributed by atoms with van der Waals surface area (Å²) in [6.07, 6.45) is 3.30. The van der Waals surface area contributed by atoms with Gasteiger partial charge in [-0.05, 0) is 30.9 Å². The predicted molar refractivity (Wildman–Crippen MR) is 74.5 cm³/mol. The summed E-state index contributed by atoms with van der Waals surface area (Å²) in [6.45, 7) is 2.09. The van der Waals surface area contributed by atoms with Gasteiger partial charge in [0.15, 0.2) is 11.5 Å². The summed E-state index contributed by atoms with van der Waals surface area (Å²) in [7, 11) is 3.29. The molecular weight excluding hydrogens is 296 g/mol. The van der Waals surface area contributed by atoms with E-state index in [9.17, 15) is 5.11 Å². The lowest BCUT2D eigenvalue weighted by Gasteiger charge is -2.19. The van der Waals surface area contributed by atoms with Crippen LogP contribution in [0.5, 0.6) is 11.5 Å². The Hall–Kier alpha value is -0.740. The standard InChI is InChI=1S/C14H19BrO3/c1-4-9-10(8-14(16)5-6-14)11(15)7-12(17-2)13(9)18-3/h7,16H,4-6,8H2,1-3H3. The van der Waals surface area contributed by atoms with Crippen LogP contribution >= 0.6 is 15.9 Å². The molecule has 100 valence electrons. The van der Waals surface area contributed by atoms with Crippen molar-refractivity contribution in [1.29, 1.82) is 0 Å². The molecule has 3 nitrogen and oxygen atoms in total. The summed E-state index contributed by atoms with van der Waals surface area (Å²) in [5.74, 6) is 1.51. The van der Waals surface area contributed by atoms with Crippen molar-refractivity contribution in [3.63, 3.8) is 0 Å². The van der Waals surface area contributed by atoms with E-state index >= 15 is 0 Å². The van der Waals surface area contributed by atoms with Gasteiger partial charge >= 0.3 is 0 Å². The third-order valence-electron chi connectivity index (χ3n) is 3.52. The normalized spacial score (nSPS) is 16.5. The Balaban J connectivity index is 2.49. The first kappa shape index (κ1) is 13.7. The second-order valence-corrected chi connectivity index (χ2v) is 5.66. The summed E-state index contributed by atoms with van der Waals surface area (Å²) in [4.78, 5) is 0. The maximum atomic E-state index is 10.1. The molecule has 0 amide bonds. The van der Waals surface area contributed by atoms with Crippen molar-refractivity contribution in [2.24, 2.45) is 0 Å². The Morgan fingerprint density at radius 2 is 1.94 bits per heavy atom. The summed E-state index contributed by atoms with van der Waals surface area (Å²) in [5, 5.41) is 10.1. The van der Waals surface area contributed by atoms with Crippen LogP contribution in [0.2, 0.25) is 0 Å². The van der Waals surface area contributed by atoms with Crippen molar-refractivity contribution in [2.45, 2.75) is 38.2 Å². The Morgan fingerprint density at radius 3 is 2.39 bits per heavy atom. The molecule has 1 aliphatic carbocycles. The van der Waals surface area contributed by atoms with Crippen LogP contribution in [0.4, 0.5) is 0 Å². The van der Waals surface area contributed by atoms with Crippen molar-refractivity contribution in [1.82, 2.24) is 0 Å². The molecular formula is C14H19BrO3. The van der Waals surface area contributed by atoms with Gasteiger partial charge in [0, 0.05) is 16.5 Å². The van der Waals surface area contributed by atoms with Crippen LogP contribution < -0.4 is 9.47 Å². The van der Waals surface area contributed by atoms with E-state index in [0.717, 1.165) is 46.4 Å². The Bertz CT molecular complexity index is 453. The molecule has 18 heavy (non-hydrogen) atoms. The highest BCUT2D eigenvalue weighted by Crippen LogP contribution is 2.44. The SMILES string of the molecule is CCc1c(CC2(O)CC2)c(Br)cc(OC)c1OC. The molecule has 1 aromatic rings. The minimum absolute atomic E-state index is 0.508. The number of ether oxygens (including phenoxy) is 2. The Morgan fingerprint density at radius 1 is 1.28 bits per heavy atom. The monoisotopic (exact) mass is 314 g/mol. The lowest BCUT2D eigenvalue weighted by molar-refractivity contribution is 0.150. The molecule has 1 aliphatic rings. The first-order valence-corrected chi connectivity index (χ1v) is 6.98. The minimum atomic E-state index is -0.508. The summed E-state index contributed by atoms with van der Waals surface area (Å²) < 4.78 is 11.8. The molecule has 0 atom stereocenters. The number of aliphatic hydroxyl groups is 1. The molecule has 1 fully saturated rings. The van der Waals surface area contributed by atoms with Gasteiger partial charge in [-0.1, -0.05) is 22.9 Å². The maximum Gasteiger partial charge on any atom is 0.164 e. The van der Waals surface area contributed by atoms with Gasteiger partial charge in [0.25, 0.3) is 0 Å². The van der Waals surface area contributed by atoms with Crippen molar-refractivity contribution in [3.05, 3.63) is 21.7 Å². The smallest absolute Gasteiger partial charge is 0.164 e. The van der Waals surface area contributed by atoms with E-state index in [2.05, 4.69) is 22.9 Å². The van der Waals surface area contributed by atoms with Crippen molar-refractivity contribution in [2.75, 3.05) is 14.2 Å². The van der Waals surface area contributed by atoms with Crippen molar-refractivity contribution >= 4 is 15.9 Å². The Kier molecular flexibility index (Phi) is 3.87. The van der Waals surface area contributed by atoms with E-state index in [-0.39, 0.29) is 0 Å². The number of hydrogen-bond acceptors (Lipinski definition) is 3. The van der Waals surface area contributed by atoms with Gasteiger partial charge in [-0.25, -0.2) is 0 Å². The van der Waals surface area contributed by atoms with Gasteiger partial charge in [-0.3, -0.25) is 0 Å². The fourth-order valence-corrected chi connectivity index (χ4v) is 2.88. The fraction of sp³-hybridized carbons (Fsp3) is 0.571. The average molecular weight is 315 g/mol. The molecule has 0 heterocycles. The predicted octanol–water partition coefficient (Wildman–Crippen LogP) is 3.10. The second kappa shape index (κ2) is 5.10. The lowest BCUT2D eigenvalue weighted by Crippen LogP contribution is -2.14. The van der Waals surface area contributed by atoms with E-state index in [1.807, 2.05) is 6.07 Å². The van der Waals surface area contributed by atoms with Gasteiger partial charge < -0.3 is 14.6 Å². The first-order valence-electron chi connectivity index (χ1n) is 6.19. The minimum Gasteiger partial charge on any atom is -0.493 e. The molecule has 0 spiro atoms. The molecule has 0 saturated heterocycles. The summed E-state index contributed by atoms with van der Waals surface area (Å²) in [5.41, 5.74) is 1.74. The van der Waals surface area contributed by atoms with Gasteiger partial charge in [-0.2, -0.15) is 0 Å². The van der Waals surface area contributed by atoms with Gasteiger partial charge in [0.2, 0.25) is 0 Å². The van der Waals surface area contributed by atoms with Gasteiger partial charge in [0.1, 0.15) is 0 Å². The number of methoxy groups -OCH3 is 2. The van der Waals surface area contributed by atoms with Crippen LogP contribution in [0, 0.1) is 0 Å². The summed E-state index contributed by atoms with van der Waals surface area (Å²) >= 11 is 3.58. The van der Waals surface area contributed by atoms with Crippen LogP contribution in [0.25, 0.3) is 0 Å². The zero-order valence-corrected chi connectivity index (χ0v) is 12.6. The second-order valence-electron chi connectivity index (χ2n) is 4.81. The van der Waals surface area contributed by atoms with Gasteiger partial charge in [0.05, 0.1) is 19.8 Å². The highest BCUT2D eigenvalue weighted by molar-refractivity contribution is 9.10. The molecule has 4 heteroatoms. The largest absolute Gasteiger partial charge is 0.493 e. The van der Waals surface area contributed by atoms with Crippen LogP contribution in [0.3, 0.4) is 0 Å². The number of benzene rings is 1. The fourth-order valence-electron chi connectivity index (χ4n) is 2.29. The number of hydrogen-bond donors (Lipinski definition) is 1. The van der Waals surface area contributed by atoms with Crippen molar-refractivity contribution < 1.29 is 14.6 Å². The summed E-state index contributed by atoms with van der Waals surface area (Å²) in [6, 6.07) is 1.92. The quantitative estimate of drug-likeness (QED) is 0.907. The van der Waals surface area contributed by atoms with E-state index in [0.29, 0.717) is 6.42 Å². The van der Waals surface area contributed by atoms with E-state index in [1.54, 1.807) is 14.2 Å². The molecule has 0 unspecified atom stereocenters. The topological polar surface area (TPSA) is 38.7 Å². The average Bonchev–Trinajstić information content (AvgIpc) is 3.08. The van der Waals surface area contributed by atoms with Crippen molar-refractivity contribution in [3.8, 4) is 11.5 Å². The first-order chi connectivity index (χ1) is 8.54. The van der Waals surface area contributed by atoms with Crippen LogP contribution in [-0.2, 0) is 12.8 Å². The molecule has 0 bridgehead atoms. The third-order valence-corrected chi connectivity index (χ3v) is 4.23. The van der Waals surface area contributed by atoms with Crippen LogP contribution in [0.15, 0.2) is 10.5 Å². The van der Waals surface area contributed by atoms with E-state index < -0.39 is 5.60 Å². The molecule has 0 radical (unpaired) electrons. The number of rotatable bonds is 5. The molecule has 1 aromatic carbocycles. The molecule has 0 aromatic heterocycles. The van der Waals surface area contributed by atoms with E-state index in [4.69, 9.17) is 9.47 Å². The zero-order valence-electron chi connectivity index (χ0n) is 11.0. The third kappa shape index (κ3) is 2.50. The Labute approximate surface area is 116 Å².